The summed E-state index contributed by atoms with van der Waals surface area (Å²) in [6.45, 7) is 11.5. The van der Waals surface area contributed by atoms with E-state index >= 15 is 0 Å². The highest BCUT2D eigenvalue weighted by Gasteiger charge is 2.19. The minimum atomic E-state index is 0.613. The SMILES string of the molecule is CCC(C)N1CCN(CCCn2ccc(N)n2)CC1. The van der Waals surface area contributed by atoms with E-state index in [9.17, 15) is 0 Å². The Balaban J connectivity index is 1.63. The molecule has 0 amide bonds. The van der Waals surface area contributed by atoms with Gasteiger partial charge in [-0.25, -0.2) is 0 Å². The first-order chi connectivity index (χ1) is 9.19. The first kappa shape index (κ1) is 14.3. The maximum atomic E-state index is 5.60. The minimum absolute atomic E-state index is 0.613. The summed E-state index contributed by atoms with van der Waals surface area (Å²) >= 11 is 0. The zero-order valence-corrected chi connectivity index (χ0v) is 12.3. The van der Waals surface area contributed by atoms with Crippen molar-refractivity contribution in [3.63, 3.8) is 0 Å². The van der Waals surface area contributed by atoms with Gasteiger partial charge in [-0.2, -0.15) is 5.10 Å². The molecule has 0 radical (unpaired) electrons. The van der Waals surface area contributed by atoms with Crippen LogP contribution >= 0.6 is 0 Å². The molecule has 0 saturated carbocycles. The zero-order chi connectivity index (χ0) is 13.7. The van der Waals surface area contributed by atoms with E-state index in [0.717, 1.165) is 25.6 Å². The Hall–Kier alpha value is -1.07. The van der Waals surface area contributed by atoms with E-state index in [-0.39, 0.29) is 0 Å². The predicted molar refractivity (Wildman–Crippen MR) is 79.0 cm³/mol. The van der Waals surface area contributed by atoms with Crippen LogP contribution in [0, 0.1) is 0 Å². The van der Waals surface area contributed by atoms with Crippen molar-refractivity contribution in [1.82, 2.24) is 19.6 Å². The molecular formula is C14H27N5. The summed E-state index contributed by atoms with van der Waals surface area (Å²) in [4.78, 5) is 5.16. The Morgan fingerprint density at radius 1 is 1.26 bits per heavy atom. The van der Waals surface area contributed by atoms with E-state index in [2.05, 4.69) is 28.7 Å². The highest BCUT2D eigenvalue weighted by Crippen LogP contribution is 2.09. The van der Waals surface area contributed by atoms with Gasteiger partial charge in [-0.1, -0.05) is 6.92 Å². The highest BCUT2D eigenvalue weighted by atomic mass is 15.3. The molecule has 2 heterocycles. The summed E-state index contributed by atoms with van der Waals surface area (Å²) < 4.78 is 1.94. The van der Waals surface area contributed by atoms with Crippen LogP contribution in [0.25, 0.3) is 0 Å². The number of nitrogens with two attached hydrogens (primary N) is 1. The van der Waals surface area contributed by atoms with Crippen LogP contribution in [-0.2, 0) is 6.54 Å². The topological polar surface area (TPSA) is 50.3 Å². The maximum Gasteiger partial charge on any atom is 0.145 e. The van der Waals surface area contributed by atoms with Crippen molar-refractivity contribution in [2.75, 3.05) is 38.5 Å². The van der Waals surface area contributed by atoms with Crippen molar-refractivity contribution >= 4 is 5.82 Å². The van der Waals surface area contributed by atoms with Crippen LogP contribution in [0.5, 0.6) is 0 Å². The molecule has 108 valence electrons. The van der Waals surface area contributed by atoms with Crippen LogP contribution in [-0.4, -0.2) is 58.3 Å². The molecule has 0 aromatic carbocycles. The Morgan fingerprint density at radius 3 is 2.58 bits per heavy atom. The number of hydrogen-bond donors (Lipinski definition) is 1. The van der Waals surface area contributed by atoms with Crippen molar-refractivity contribution in [3.8, 4) is 0 Å². The van der Waals surface area contributed by atoms with E-state index in [0.29, 0.717) is 5.82 Å². The molecule has 1 aliphatic heterocycles. The quantitative estimate of drug-likeness (QED) is 0.841. The first-order valence-electron chi connectivity index (χ1n) is 7.44. The van der Waals surface area contributed by atoms with Gasteiger partial charge in [0.2, 0.25) is 0 Å². The number of rotatable bonds is 6. The van der Waals surface area contributed by atoms with E-state index in [1.807, 2.05) is 16.9 Å². The van der Waals surface area contributed by atoms with Gasteiger partial charge >= 0.3 is 0 Å². The van der Waals surface area contributed by atoms with Gasteiger partial charge in [0.25, 0.3) is 0 Å². The van der Waals surface area contributed by atoms with Gasteiger partial charge < -0.3 is 10.6 Å². The largest absolute Gasteiger partial charge is 0.382 e. The molecule has 1 aromatic rings. The van der Waals surface area contributed by atoms with Crippen LogP contribution in [0.1, 0.15) is 26.7 Å². The second-order valence-electron chi connectivity index (χ2n) is 5.49. The summed E-state index contributed by atoms with van der Waals surface area (Å²) in [5.74, 6) is 0.613. The molecule has 2 rings (SSSR count). The number of piperazine rings is 1. The zero-order valence-electron chi connectivity index (χ0n) is 12.3. The molecule has 1 fully saturated rings. The van der Waals surface area contributed by atoms with Gasteiger partial charge in [0.15, 0.2) is 0 Å². The lowest BCUT2D eigenvalue weighted by Crippen LogP contribution is -2.49. The fourth-order valence-electron chi connectivity index (χ4n) is 2.64. The molecule has 1 unspecified atom stereocenters. The van der Waals surface area contributed by atoms with Gasteiger partial charge in [0.05, 0.1) is 0 Å². The minimum Gasteiger partial charge on any atom is -0.382 e. The van der Waals surface area contributed by atoms with Crippen molar-refractivity contribution < 1.29 is 0 Å². The lowest BCUT2D eigenvalue weighted by molar-refractivity contribution is 0.0989. The fraction of sp³-hybridized carbons (Fsp3) is 0.786. The van der Waals surface area contributed by atoms with Crippen LogP contribution < -0.4 is 5.73 Å². The molecule has 5 nitrogen and oxygen atoms in total. The van der Waals surface area contributed by atoms with E-state index in [1.54, 1.807) is 0 Å². The highest BCUT2D eigenvalue weighted by molar-refractivity contribution is 5.23. The molecule has 0 aliphatic carbocycles. The van der Waals surface area contributed by atoms with E-state index < -0.39 is 0 Å². The number of aromatic nitrogens is 2. The maximum absolute atomic E-state index is 5.60. The van der Waals surface area contributed by atoms with Crippen molar-refractivity contribution in [2.45, 2.75) is 39.3 Å². The summed E-state index contributed by atoms with van der Waals surface area (Å²) in [6, 6.07) is 2.58. The number of nitrogens with zero attached hydrogens (tertiary/aromatic N) is 4. The third kappa shape index (κ3) is 4.21. The molecule has 1 aromatic heterocycles. The first-order valence-corrected chi connectivity index (χ1v) is 7.44. The van der Waals surface area contributed by atoms with Gasteiger partial charge in [-0.3, -0.25) is 9.58 Å². The van der Waals surface area contributed by atoms with Gasteiger partial charge in [0.1, 0.15) is 5.82 Å². The average molecular weight is 265 g/mol. The second-order valence-corrected chi connectivity index (χ2v) is 5.49. The third-order valence-electron chi connectivity index (χ3n) is 4.14. The molecular weight excluding hydrogens is 238 g/mol. The molecule has 2 N–H and O–H groups in total. The van der Waals surface area contributed by atoms with Gasteiger partial charge in [0, 0.05) is 45.0 Å². The normalized spacial score (nSPS) is 19.7. The fourth-order valence-corrected chi connectivity index (χ4v) is 2.64. The Labute approximate surface area is 116 Å². The summed E-state index contributed by atoms with van der Waals surface area (Å²) in [5, 5.41) is 4.21. The van der Waals surface area contributed by atoms with Crippen molar-refractivity contribution in [1.29, 1.82) is 0 Å². The molecule has 0 spiro atoms. The lowest BCUT2D eigenvalue weighted by Gasteiger charge is -2.37. The summed E-state index contributed by atoms with van der Waals surface area (Å²) in [7, 11) is 0. The Morgan fingerprint density at radius 2 is 2.00 bits per heavy atom. The van der Waals surface area contributed by atoms with Gasteiger partial charge in [-0.15, -0.1) is 0 Å². The molecule has 1 atom stereocenters. The standard InChI is InChI=1S/C14H27N5/c1-3-13(2)18-11-9-17(10-12-18)6-4-7-19-8-5-14(15)16-19/h5,8,13H,3-4,6-7,9-12H2,1-2H3,(H2,15,16). The molecule has 1 saturated heterocycles. The Kier molecular flexibility index (Phi) is 5.22. The van der Waals surface area contributed by atoms with Crippen LogP contribution in [0.4, 0.5) is 5.82 Å². The van der Waals surface area contributed by atoms with Crippen molar-refractivity contribution in [2.24, 2.45) is 0 Å². The number of anilines is 1. The van der Waals surface area contributed by atoms with Crippen LogP contribution in [0.2, 0.25) is 0 Å². The summed E-state index contributed by atoms with van der Waals surface area (Å²) in [6.07, 6.45) is 4.35. The monoisotopic (exact) mass is 265 g/mol. The predicted octanol–water partition coefficient (Wildman–Crippen LogP) is 1.27. The number of aryl methyl sites for hydroxylation is 1. The molecule has 19 heavy (non-hydrogen) atoms. The Bertz CT molecular complexity index is 368. The van der Waals surface area contributed by atoms with Crippen LogP contribution in [0.15, 0.2) is 12.3 Å². The molecule has 5 heteroatoms. The molecule has 1 aliphatic rings. The third-order valence-corrected chi connectivity index (χ3v) is 4.14. The summed E-state index contributed by atoms with van der Waals surface area (Å²) in [5.41, 5.74) is 5.60. The van der Waals surface area contributed by atoms with Crippen LogP contribution in [0.3, 0.4) is 0 Å². The number of nitrogen functional groups attached to an aromatic ring is 1. The average Bonchev–Trinajstić information content (AvgIpc) is 2.84. The lowest BCUT2D eigenvalue weighted by atomic mass is 10.2. The van der Waals surface area contributed by atoms with Crippen molar-refractivity contribution in [3.05, 3.63) is 12.3 Å². The smallest absolute Gasteiger partial charge is 0.145 e. The van der Waals surface area contributed by atoms with E-state index in [1.165, 1.54) is 32.6 Å². The van der Waals surface area contributed by atoms with E-state index in [4.69, 9.17) is 5.73 Å². The molecule has 0 bridgehead atoms. The number of hydrogen-bond acceptors (Lipinski definition) is 4. The second kappa shape index (κ2) is 6.91. The van der Waals surface area contributed by atoms with Gasteiger partial charge in [-0.05, 0) is 32.4 Å².